The summed E-state index contributed by atoms with van der Waals surface area (Å²) in [5, 5.41) is 0. The molecule has 1 atom stereocenters. The van der Waals surface area contributed by atoms with E-state index in [0.29, 0.717) is 25.5 Å². The quantitative estimate of drug-likeness (QED) is 0.801. The van der Waals surface area contributed by atoms with Gasteiger partial charge in [0.15, 0.2) is 5.82 Å². The summed E-state index contributed by atoms with van der Waals surface area (Å²) in [5.41, 5.74) is 0.846. The molecular formula is C11H17N3O3S. The van der Waals surface area contributed by atoms with Crippen molar-refractivity contribution in [1.29, 1.82) is 0 Å². The van der Waals surface area contributed by atoms with Gasteiger partial charge in [0.05, 0.1) is 12.4 Å². The third-order valence-electron chi connectivity index (χ3n) is 2.89. The van der Waals surface area contributed by atoms with Gasteiger partial charge in [-0.15, -0.1) is 0 Å². The second kappa shape index (κ2) is 5.29. The minimum Gasteiger partial charge on any atom is -0.367 e. The van der Waals surface area contributed by atoms with Crippen molar-refractivity contribution in [3.63, 3.8) is 0 Å². The number of sulfonamides is 1. The maximum absolute atomic E-state index is 11.8. The molecule has 2 rings (SSSR count). The van der Waals surface area contributed by atoms with E-state index < -0.39 is 10.0 Å². The number of morpholine rings is 1. The molecule has 0 aromatic carbocycles. The number of hydrogen-bond acceptors (Lipinski definition) is 5. The number of aryl methyl sites for hydroxylation is 1. The lowest BCUT2D eigenvalue weighted by molar-refractivity contribution is -0.00756. The summed E-state index contributed by atoms with van der Waals surface area (Å²) < 4.78 is 30.7. The first-order valence-electron chi connectivity index (χ1n) is 5.92. The molecule has 1 saturated heterocycles. The van der Waals surface area contributed by atoms with Crippen LogP contribution < -0.4 is 0 Å². The van der Waals surface area contributed by atoms with Crippen molar-refractivity contribution < 1.29 is 13.2 Å². The molecule has 1 aromatic rings. The smallest absolute Gasteiger partial charge is 0.214 e. The van der Waals surface area contributed by atoms with Crippen molar-refractivity contribution in [3.8, 4) is 0 Å². The Morgan fingerprint density at radius 2 is 2.33 bits per heavy atom. The molecule has 0 spiro atoms. The molecule has 1 fully saturated rings. The van der Waals surface area contributed by atoms with Crippen LogP contribution in [0.1, 0.15) is 24.5 Å². The van der Waals surface area contributed by atoms with Gasteiger partial charge >= 0.3 is 0 Å². The largest absolute Gasteiger partial charge is 0.367 e. The van der Waals surface area contributed by atoms with Gasteiger partial charge in [0.2, 0.25) is 10.0 Å². The average Bonchev–Trinajstić information content (AvgIpc) is 2.39. The third-order valence-corrected chi connectivity index (χ3v) is 4.74. The molecule has 0 aliphatic carbocycles. The van der Waals surface area contributed by atoms with Gasteiger partial charge in [-0.1, -0.05) is 0 Å². The Bertz CT molecular complexity index is 518. The van der Waals surface area contributed by atoms with Crippen LogP contribution in [0.2, 0.25) is 0 Å². The average molecular weight is 271 g/mol. The Labute approximate surface area is 107 Å². The minimum absolute atomic E-state index is 0.106. The van der Waals surface area contributed by atoms with Gasteiger partial charge in [0.1, 0.15) is 6.10 Å². The maximum atomic E-state index is 11.8. The number of aromatic nitrogens is 2. The highest BCUT2D eigenvalue weighted by Crippen LogP contribution is 2.21. The zero-order valence-corrected chi connectivity index (χ0v) is 11.4. The van der Waals surface area contributed by atoms with Crippen LogP contribution in [0.3, 0.4) is 0 Å². The minimum atomic E-state index is -3.17. The summed E-state index contributed by atoms with van der Waals surface area (Å²) in [6, 6.07) is 1.80. The van der Waals surface area contributed by atoms with E-state index in [1.54, 1.807) is 19.2 Å². The fraction of sp³-hybridized carbons (Fsp3) is 0.636. The molecule has 7 heteroatoms. The van der Waals surface area contributed by atoms with Gasteiger partial charge in [-0.05, 0) is 19.9 Å². The summed E-state index contributed by atoms with van der Waals surface area (Å²) in [5.74, 6) is 0.653. The second-order valence-electron chi connectivity index (χ2n) is 4.17. The predicted molar refractivity (Wildman–Crippen MR) is 66.5 cm³/mol. The van der Waals surface area contributed by atoms with Crippen LogP contribution in [0.5, 0.6) is 0 Å². The van der Waals surface area contributed by atoms with E-state index in [1.165, 1.54) is 4.31 Å². The number of rotatable bonds is 3. The van der Waals surface area contributed by atoms with Gasteiger partial charge < -0.3 is 4.74 Å². The van der Waals surface area contributed by atoms with Crippen LogP contribution in [0.4, 0.5) is 0 Å². The second-order valence-corrected chi connectivity index (χ2v) is 6.43. The van der Waals surface area contributed by atoms with Crippen molar-refractivity contribution in [2.75, 3.05) is 25.4 Å². The molecule has 1 aliphatic rings. The van der Waals surface area contributed by atoms with E-state index in [1.807, 2.05) is 6.92 Å². The summed E-state index contributed by atoms with van der Waals surface area (Å²) in [6.07, 6.45) is 1.29. The van der Waals surface area contributed by atoms with Crippen molar-refractivity contribution in [1.82, 2.24) is 14.3 Å². The molecule has 0 unspecified atom stereocenters. The summed E-state index contributed by atoms with van der Waals surface area (Å²) in [6.45, 7) is 4.58. The van der Waals surface area contributed by atoms with E-state index in [4.69, 9.17) is 4.74 Å². The summed E-state index contributed by atoms with van der Waals surface area (Å²) in [7, 11) is -3.17. The fourth-order valence-electron chi connectivity index (χ4n) is 1.84. The van der Waals surface area contributed by atoms with Crippen LogP contribution in [0.15, 0.2) is 12.3 Å². The Hall–Kier alpha value is -1.05. The molecule has 100 valence electrons. The molecule has 0 bridgehead atoms. The molecule has 18 heavy (non-hydrogen) atoms. The fourth-order valence-corrected chi connectivity index (χ4v) is 2.92. The van der Waals surface area contributed by atoms with Gasteiger partial charge in [-0.2, -0.15) is 4.31 Å². The lowest BCUT2D eigenvalue weighted by Crippen LogP contribution is -2.43. The molecule has 1 aliphatic heterocycles. The zero-order chi connectivity index (χ0) is 13.2. The van der Waals surface area contributed by atoms with Gasteiger partial charge in [-0.3, -0.25) is 0 Å². The van der Waals surface area contributed by atoms with Crippen LogP contribution >= 0.6 is 0 Å². The highest BCUT2D eigenvalue weighted by Gasteiger charge is 2.30. The lowest BCUT2D eigenvalue weighted by atomic mass is 10.3. The van der Waals surface area contributed by atoms with Crippen LogP contribution in [0.25, 0.3) is 0 Å². The molecule has 0 amide bonds. The maximum Gasteiger partial charge on any atom is 0.214 e. The Morgan fingerprint density at radius 1 is 1.56 bits per heavy atom. The molecule has 6 nitrogen and oxygen atoms in total. The Balaban J connectivity index is 2.17. The summed E-state index contributed by atoms with van der Waals surface area (Å²) in [4.78, 5) is 8.43. The van der Waals surface area contributed by atoms with Crippen LogP contribution in [-0.4, -0.2) is 48.1 Å². The van der Waals surface area contributed by atoms with Crippen LogP contribution in [0, 0.1) is 6.92 Å². The number of nitrogens with zero attached hydrogens (tertiary/aromatic N) is 3. The van der Waals surface area contributed by atoms with Crippen molar-refractivity contribution in [3.05, 3.63) is 23.8 Å². The van der Waals surface area contributed by atoms with E-state index in [-0.39, 0.29) is 11.9 Å². The highest BCUT2D eigenvalue weighted by molar-refractivity contribution is 7.89. The van der Waals surface area contributed by atoms with E-state index in [0.717, 1.165) is 5.69 Å². The van der Waals surface area contributed by atoms with Gasteiger partial charge in [-0.25, -0.2) is 18.4 Å². The standard InChI is InChI=1S/C11H17N3O3S/c1-3-18(15,16)14-6-7-17-10(8-14)11-12-5-4-9(2)13-11/h4-5,10H,3,6-8H2,1-2H3/t10-/m1/s1. The summed E-state index contributed by atoms with van der Waals surface area (Å²) >= 11 is 0. The Kier molecular flexibility index (Phi) is 3.94. The van der Waals surface area contributed by atoms with E-state index in [9.17, 15) is 8.42 Å². The molecule has 0 radical (unpaired) electrons. The normalized spacial score (nSPS) is 22.0. The molecule has 2 heterocycles. The monoisotopic (exact) mass is 271 g/mol. The van der Waals surface area contributed by atoms with E-state index >= 15 is 0 Å². The van der Waals surface area contributed by atoms with E-state index in [2.05, 4.69) is 9.97 Å². The van der Waals surface area contributed by atoms with Crippen LogP contribution in [-0.2, 0) is 14.8 Å². The topological polar surface area (TPSA) is 72.4 Å². The predicted octanol–water partition coefficient (Wildman–Crippen LogP) is 0.508. The lowest BCUT2D eigenvalue weighted by Gasteiger charge is -2.31. The SMILES string of the molecule is CCS(=O)(=O)N1CCO[C@@H](c2nccc(C)n2)C1. The van der Waals surface area contributed by atoms with Crippen molar-refractivity contribution in [2.45, 2.75) is 20.0 Å². The first-order valence-corrected chi connectivity index (χ1v) is 7.53. The van der Waals surface area contributed by atoms with Gasteiger partial charge in [0, 0.05) is 25.0 Å². The first-order chi connectivity index (χ1) is 8.53. The van der Waals surface area contributed by atoms with Crippen molar-refractivity contribution >= 4 is 10.0 Å². The van der Waals surface area contributed by atoms with Crippen molar-refractivity contribution in [2.24, 2.45) is 0 Å². The van der Waals surface area contributed by atoms with Gasteiger partial charge in [0.25, 0.3) is 0 Å². The Morgan fingerprint density at radius 3 is 3.00 bits per heavy atom. The number of hydrogen-bond donors (Lipinski definition) is 0. The first kappa shape index (κ1) is 13.4. The zero-order valence-electron chi connectivity index (χ0n) is 10.5. The third kappa shape index (κ3) is 2.85. The molecule has 1 aromatic heterocycles. The number of ether oxygens (including phenoxy) is 1. The molecule has 0 N–H and O–H groups in total. The molecular weight excluding hydrogens is 254 g/mol. The highest BCUT2D eigenvalue weighted by atomic mass is 32.2. The molecule has 0 saturated carbocycles.